The molecule has 2 heterocycles. The lowest BCUT2D eigenvalue weighted by Crippen LogP contribution is -2.42. The SMILES string of the molecule is CCC1CCC(CCN2c3ccccc3Sc3ccccc32)N(C)C1.Cl. The third-order valence-corrected chi connectivity index (χ3v) is 7.00. The third-order valence-electron chi connectivity index (χ3n) is 5.87. The summed E-state index contributed by atoms with van der Waals surface area (Å²) in [6, 6.07) is 18.4. The minimum Gasteiger partial charge on any atom is -0.340 e. The van der Waals surface area contributed by atoms with Crippen molar-refractivity contribution in [1.82, 2.24) is 4.90 Å². The Morgan fingerprint density at radius 1 is 0.962 bits per heavy atom. The molecule has 0 radical (unpaired) electrons. The molecule has 0 spiro atoms. The minimum absolute atomic E-state index is 0. The first-order valence-corrected chi connectivity index (χ1v) is 10.4. The van der Waals surface area contributed by atoms with Crippen LogP contribution in [0, 0.1) is 5.92 Å². The number of rotatable bonds is 4. The van der Waals surface area contributed by atoms with E-state index >= 15 is 0 Å². The number of hydrogen-bond acceptors (Lipinski definition) is 3. The van der Waals surface area contributed by atoms with Gasteiger partial charge in [0.15, 0.2) is 0 Å². The first kappa shape index (κ1) is 19.6. The number of hydrogen-bond donors (Lipinski definition) is 0. The molecule has 140 valence electrons. The van der Waals surface area contributed by atoms with Crippen molar-refractivity contribution in [3.8, 4) is 0 Å². The van der Waals surface area contributed by atoms with Crippen molar-refractivity contribution in [2.75, 3.05) is 25.0 Å². The number of nitrogens with zero attached hydrogens (tertiary/aromatic N) is 2. The highest BCUT2D eigenvalue weighted by Gasteiger charge is 2.27. The molecule has 2 aromatic carbocycles. The fourth-order valence-electron chi connectivity index (χ4n) is 4.29. The maximum atomic E-state index is 2.61. The van der Waals surface area contributed by atoms with Crippen LogP contribution < -0.4 is 4.90 Å². The van der Waals surface area contributed by atoms with Gasteiger partial charge in [-0.1, -0.05) is 49.4 Å². The van der Waals surface area contributed by atoms with E-state index in [0.29, 0.717) is 0 Å². The van der Waals surface area contributed by atoms with Crippen molar-refractivity contribution >= 4 is 35.5 Å². The lowest BCUT2D eigenvalue weighted by atomic mass is 9.90. The predicted octanol–water partition coefficient (Wildman–Crippen LogP) is 6.22. The summed E-state index contributed by atoms with van der Waals surface area (Å²) in [5.74, 6) is 0.897. The number of benzene rings is 2. The van der Waals surface area contributed by atoms with Gasteiger partial charge < -0.3 is 9.80 Å². The van der Waals surface area contributed by atoms with Crippen LogP contribution in [0.3, 0.4) is 0 Å². The molecule has 2 aliphatic heterocycles. The van der Waals surface area contributed by atoms with Gasteiger partial charge in [0.05, 0.1) is 11.4 Å². The van der Waals surface area contributed by atoms with Crippen molar-refractivity contribution in [2.45, 2.75) is 48.4 Å². The molecule has 1 saturated heterocycles. The lowest BCUT2D eigenvalue weighted by molar-refractivity contribution is 0.130. The van der Waals surface area contributed by atoms with Gasteiger partial charge in [0.2, 0.25) is 0 Å². The molecule has 0 saturated carbocycles. The second-order valence-corrected chi connectivity index (χ2v) is 8.51. The highest BCUT2D eigenvalue weighted by molar-refractivity contribution is 7.99. The van der Waals surface area contributed by atoms with E-state index in [1.807, 2.05) is 11.8 Å². The van der Waals surface area contributed by atoms with E-state index in [4.69, 9.17) is 0 Å². The topological polar surface area (TPSA) is 6.48 Å². The highest BCUT2D eigenvalue weighted by atomic mass is 35.5. The number of anilines is 2. The highest BCUT2D eigenvalue weighted by Crippen LogP contribution is 2.47. The molecule has 2 unspecified atom stereocenters. The van der Waals surface area contributed by atoms with E-state index < -0.39 is 0 Å². The molecule has 2 aromatic rings. The smallest absolute Gasteiger partial charge is 0.0552 e. The van der Waals surface area contributed by atoms with Crippen molar-refractivity contribution in [3.05, 3.63) is 48.5 Å². The fourth-order valence-corrected chi connectivity index (χ4v) is 5.39. The van der Waals surface area contributed by atoms with Crippen LogP contribution in [-0.4, -0.2) is 31.1 Å². The average molecular weight is 389 g/mol. The monoisotopic (exact) mass is 388 g/mol. The van der Waals surface area contributed by atoms with Crippen LogP contribution in [0.2, 0.25) is 0 Å². The van der Waals surface area contributed by atoms with Gasteiger partial charge in [0.1, 0.15) is 0 Å². The molecule has 1 fully saturated rings. The maximum absolute atomic E-state index is 2.61. The number of fused-ring (bicyclic) bond motifs is 2. The molecule has 0 amide bonds. The van der Waals surface area contributed by atoms with Crippen molar-refractivity contribution in [3.63, 3.8) is 0 Å². The van der Waals surface area contributed by atoms with Crippen LogP contribution in [0.5, 0.6) is 0 Å². The lowest BCUT2D eigenvalue weighted by Gasteiger charge is -2.39. The minimum atomic E-state index is 0. The molecule has 0 aliphatic carbocycles. The second-order valence-electron chi connectivity index (χ2n) is 7.42. The van der Waals surface area contributed by atoms with Gasteiger partial charge in [0, 0.05) is 28.9 Å². The second kappa shape index (κ2) is 8.69. The average Bonchev–Trinajstić information content (AvgIpc) is 2.66. The van der Waals surface area contributed by atoms with Gasteiger partial charge in [0.25, 0.3) is 0 Å². The van der Waals surface area contributed by atoms with E-state index in [-0.39, 0.29) is 12.4 Å². The normalized spacial score (nSPS) is 22.3. The molecule has 0 bridgehead atoms. The van der Waals surface area contributed by atoms with Crippen LogP contribution in [-0.2, 0) is 0 Å². The zero-order chi connectivity index (χ0) is 17.2. The molecule has 26 heavy (non-hydrogen) atoms. The standard InChI is InChI=1S/C22H28N2S.ClH/c1-3-17-12-13-18(23(2)16-17)14-15-24-19-8-4-6-10-21(19)25-22-11-7-5-9-20(22)24;/h4-11,17-18H,3,12-16H2,1-2H3;1H. The van der Waals surface area contributed by atoms with Crippen molar-refractivity contribution < 1.29 is 0 Å². The Balaban J connectivity index is 0.00000196. The zero-order valence-electron chi connectivity index (χ0n) is 15.7. The molecular formula is C22H29ClN2S. The maximum Gasteiger partial charge on any atom is 0.0552 e. The number of likely N-dealkylation sites (tertiary alicyclic amines) is 1. The molecule has 2 aliphatic rings. The molecular weight excluding hydrogens is 360 g/mol. The zero-order valence-corrected chi connectivity index (χ0v) is 17.4. The first-order valence-electron chi connectivity index (χ1n) is 9.60. The summed E-state index contributed by atoms with van der Waals surface area (Å²) in [6.07, 6.45) is 5.30. The summed E-state index contributed by atoms with van der Waals surface area (Å²) in [4.78, 5) is 7.91. The number of piperidine rings is 1. The van der Waals surface area contributed by atoms with Gasteiger partial charge in [-0.05, 0) is 56.5 Å². The van der Waals surface area contributed by atoms with Gasteiger partial charge in [-0.2, -0.15) is 0 Å². The van der Waals surface area contributed by atoms with Gasteiger partial charge in [-0.25, -0.2) is 0 Å². The summed E-state index contributed by atoms with van der Waals surface area (Å²) < 4.78 is 0. The number of para-hydroxylation sites is 2. The molecule has 2 nitrogen and oxygen atoms in total. The van der Waals surface area contributed by atoms with Crippen molar-refractivity contribution in [2.24, 2.45) is 5.92 Å². The third kappa shape index (κ3) is 3.90. The summed E-state index contributed by atoms with van der Waals surface area (Å²) in [6.45, 7) is 4.70. The van der Waals surface area contributed by atoms with Crippen LogP contribution in [0.15, 0.2) is 58.3 Å². The van der Waals surface area contributed by atoms with E-state index in [2.05, 4.69) is 72.3 Å². The fraction of sp³-hybridized carbons (Fsp3) is 0.455. The van der Waals surface area contributed by atoms with Crippen LogP contribution >= 0.6 is 24.2 Å². The molecule has 0 N–H and O–H groups in total. The Kier molecular flexibility index (Phi) is 6.55. The Hall–Kier alpha value is -1.16. The quantitative estimate of drug-likeness (QED) is 0.613. The Morgan fingerprint density at radius 2 is 1.58 bits per heavy atom. The summed E-state index contributed by atoms with van der Waals surface area (Å²) in [7, 11) is 2.32. The van der Waals surface area contributed by atoms with Crippen LogP contribution in [0.1, 0.15) is 32.6 Å². The van der Waals surface area contributed by atoms with Crippen molar-refractivity contribution in [1.29, 1.82) is 0 Å². The first-order chi connectivity index (χ1) is 12.3. The van der Waals surface area contributed by atoms with E-state index in [1.54, 1.807) is 0 Å². The summed E-state index contributed by atoms with van der Waals surface area (Å²) in [5, 5.41) is 0. The van der Waals surface area contributed by atoms with E-state index in [0.717, 1.165) is 18.5 Å². The summed E-state index contributed by atoms with van der Waals surface area (Å²) >= 11 is 1.90. The molecule has 2 atom stereocenters. The Morgan fingerprint density at radius 3 is 2.15 bits per heavy atom. The molecule has 4 heteroatoms. The Bertz CT molecular complexity index is 690. The van der Waals surface area contributed by atoms with Crippen LogP contribution in [0.25, 0.3) is 0 Å². The number of halogens is 1. The molecule has 0 aromatic heterocycles. The van der Waals surface area contributed by atoms with E-state index in [1.165, 1.54) is 53.4 Å². The largest absolute Gasteiger partial charge is 0.340 e. The predicted molar refractivity (Wildman–Crippen MR) is 115 cm³/mol. The van der Waals surface area contributed by atoms with Gasteiger partial charge in [-0.3, -0.25) is 0 Å². The Labute approximate surface area is 168 Å². The van der Waals surface area contributed by atoms with Gasteiger partial charge >= 0.3 is 0 Å². The van der Waals surface area contributed by atoms with Gasteiger partial charge in [-0.15, -0.1) is 12.4 Å². The molecule has 4 rings (SSSR count). The summed E-state index contributed by atoms with van der Waals surface area (Å²) in [5.41, 5.74) is 2.74. The van der Waals surface area contributed by atoms with Crippen LogP contribution in [0.4, 0.5) is 11.4 Å². The van der Waals surface area contributed by atoms with E-state index in [9.17, 15) is 0 Å².